The summed E-state index contributed by atoms with van der Waals surface area (Å²) in [6.45, 7) is 12.9. The Kier molecular flexibility index (Phi) is 73.4. The molecular formula is C116H196N4O18. The molecule has 0 aromatic heterocycles. The van der Waals surface area contributed by atoms with Crippen LogP contribution in [-0.4, -0.2) is 151 Å². The Morgan fingerprint density at radius 3 is 1.09 bits per heavy atom. The van der Waals surface area contributed by atoms with E-state index >= 15 is 14.4 Å². The Hall–Kier alpha value is -6.37. The Morgan fingerprint density at radius 1 is 0.326 bits per heavy atom. The highest BCUT2D eigenvalue weighted by Crippen LogP contribution is 2.33. The molecule has 2 fully saturated rings. The van der Waals surface area contributed by atoms with Gasteiger partial charge in [0.15, 0.2) is 18.7 Å². The summed E-state index contributed by atoms with van der Waals surface area (Å²) in [6.07, 6.45) is 49.8. The molecule has 138 heavy (non-hydrogen) atoms. The molecule has 4 amide bonds. The SMILES string of the molecule is CCCCCCCCCCCCCC(=O)N[C@@H](CC(=O)N[C@H]1[C@H](OC[C@H]2O[C@@H](O)[C@H](NC(=O)C[C@@H](CCCCCCCCCCC)OC(=O)CCCCCCCCCCCCC)[C@@H](OCc3ccccc3)[C@@H]2OCc2ccccc2)O[C@H](COCc2ccccc2)[C@@H](O)[C@@H]1OC(=O)C[C@@H](CCCCCCCCCCC)OC(=O)CCCCCCCCCCCCC)C(=O)NCCCCCCCCC. The molecule has 2 aliphatic heterocycles. The molecule has 3 aromatic carbocycles. The highest BCUT2D eigenvalue weighted by molar-refractivity contribution is 5.92. The zero-order chi connectivity index (χ0) is 99.0. The van der Waals surface area contributed by atoms with Crippen LogP contribution in [0.25, 0.3) is 0 Å². The molecular weight excluding hydrogens is 1740 g/mol. The van der Waals surface area contributed by atoms with E-state index in [1.165, 1.54) is 173 Å². The van der Waals surface area contributed by atoms with Gasteiger partial charge in [-0.3, -0.25) is 33.6 Å². The Morgan fingerprint density at radius 2 is 0.674 bits per heavy atom. The summed E-state index contributed by atoms with van der Waals surface area (Å²) in [5, 5.41) is 37.9. The number of nitrogens with one attached hydrogen (secondary N) is 4. The highest BCUT2D eigenvalue weighted by Gasteiger charge is 2.52. The second-order valence-electron chi connectivity index (χ2n) is 40.1. The van der Waals surface area contributed by atoms with E-state index in [0.717, 1.165) is 184 Å². The van der Waals surface area contributed by atoms with Crippen LogP contribution in [-0.2, 0) is 96.0 Å². The number of ether oxygens (including phenoxy) is 9. The van der Waals surface area contributed by atoms with Gasteiger partial charge in [-0.1, -0.05) is 466 Å². The molecule has 0 radical (unpaired) electrons. The first-order chi connectivity index (χ1) is 67.6. The fourth-order valence-electron chi connectivity index (χ4n) is 18.9. The quantitative estimate of drug-likeness (QED) is 0.0174. The van der Waals surface area contributed by atoms with Gasteiger partial charge in [0.1, 0.15) is 60.9 Å². The standard InChI is InChI=1S/C116H196N4O18/c1-7-13-19-25-31-36-39-44-49-55-70-82-102(121)118-99(114(128)117-85-73-58-52-30-24-18-12-6)88-104(123)120-109-112(138-107(126)87-98(81-69-54-48-43-35-29-23-17-11-5)135-106(125)84-72-57-51-46-41-38-33-27-21-15-9-3)110(127)100(92-130-89-94-74-62-59-63-75-94)137-116(109)133-93-101-111(131-90-95-76-64-60-65-77-95)113(132-91-96-78-66-61-67-79-96)108(115(129)136-101)119-103(122)86-97(80-68-53-47-42-34-28-22-16-10-4)134-105(124)83-71-56-50-45-40-37-32-26-20-14-8-2/h59-67,74-79,97-101,108-113,115-116,127,129H,7-58,68-73,80-93H2,1-6H3,(H,117,128)(H,118,121)(H,119,122)(H,120,123)/t97-,98-,99+,100-,101-,108-,109-,110-,111-,112-,113-,115-,116-/m1/s1. The van der Waals surface area contributed by atoms with Gasteiger partial charge in [-0.2, -0.15) is 0 Å². The van der Waals surface area contributed by atoms with E-state index in [1.807, 2.05) is 91.0 Å². The van der Waals surface area contributed by atoms with Crippen LogP contribution in [0.15, 0.2) is 91.0 Å². The summed E-state index contributed by atoms with van der Waals surface area (Å²) in [6, 6.07) is 24.2. The summed E-state index contributed by atoms with van der Waals surface area (Å²) in [5.41, 5.74) is 2.38. The predicted molar refractivity (Wildman–Crippen MR) is 555 cm³/mol. The van der Waals surface area contributed by atoms with E-state index in [0.29, 0.717) is 51.5 Å². The molecule has 0 spiro atoms. The summed E-state index contributed by atoms with van der Waals surface area (Å²) in [7, 11) is 0. The van der Waals surface area contributed by atoms with Gasteiger partial charge in [0.05, 0.1) is 52.3 Å². The molecule has 22 heteroatoms. The lowest BCUT2D eigenvalue weighted by molar-refractivity contribution is -0.308. The first-order valence-electron chi connectivity index (χ1n) is 56.5. The van der Waals surface area contributed by atoms with Crippen LogP contribution in [0.2, 0.25) is 0 Å². The van der Waals surface area contributed by atoms with Gasteiger partial charge in [-0.25, -0.2) is 0 Å². The van der Waals surface area contributed by atoms with Gasteiger partial charge >= 0.3 is 17.9 Å². The molecule has 2 heterocycles. The zero-order valence-electron chi connectivity index (χ0n) is 87.5. The smallest absolute Gasteiger partial charge is 0.310 e. The Labute approximate surface area is 836 Å². The lowest BCUT2D eigenvalue weighted by Crippen LogP contribution is -2.68. The predicted octanol–water partition coefficient (Wildman–Crippen LogP) is 26.4. The largest absolute Gasteiger partial charge is 0.462 e. The lowest BCUT2D eigenvalue weighted by atomic mass is 9.94. The summed E-state index contributed by atoms with van der Waals surface area (Å²) in [4.78, 5) is 103. The fourth-order valence-corrected chi connectivity index (χ4v) is 18.9. The lowest BCUT2D eigenvalue weighted by Gasteiger charge is -2.47. The number of esters is 3. The minimum absolute atomic E-state index is 0.00664. The molecule has 13 atom stereocenters. The van der Waals surface area contributed by atoms with Gasteiger partial charge in [-0.15, -0.1) is 0 Å². The molecule has 6 N–H and O–H groups in total. The molecule has 3 aromatic rings. The maximum atomic E-state index is 15.6. The van der Waals surface area contributed by atoms with Crippen LogP contribution in [0.3, 0.4) is 0 Å². The molecule has 0 saturated carbocycles. The molecule has 2 saturated heterocycles. The minimum Gasteiger partial charge on any atom is -0.462 e. The number of benzene rings is 3. The first kappa shape index (κ1) is 122. The third-order valence-corrected chi connectivity index (χ3v) is 27.4. The summed E-state index contributed by atoms with van der Waals surface area (Å²) >= 11 is 0. The van der Waals surface area contributed by atoms with Crippen molar-refractivity contribution in [1.29, 1.82) is 0 Å². The molecule has 0 bridgehead atoms. The third kappa shape index (κ3) is 59.6. The van der Waals surface area contributed by atoms with Crippen LogP contribution < -0.4 is 21.3 Å². The zero-order valence-corrected chi connectivity index (χ0v) is 87.5. The van der Waals surface area contributed by atoms with Gasteiger partial charge in [0.2, 0.25) is 23.6 Å². The summed E-state index contributed by atoms with van der Waals surface area (Å²) < 4.78 is 60.2. The number of amides is 4. The topological polar surface area (TPSA) is 291 Å². The number of hydrogen-bond donors (Lipinski definition) is 6. The van der Waals surface area contributed by atoms with E-state index in [2.05, 4.69) is 62.8 Å². The number of unbranched alkanes of at least 4 members (excludes halogenated alkanes) is 52. The van der Waals surface area contributed by atoms with Crippen molar-refractivity contribution >= 4 is 41.5 Å². The van der Waals surface area contributed by atoms with Crippen molar-refractivity contribution in [2.24, 2.45) is 0 Å². The van der Waals surface area contributed by atoms with Crippen molar-refractivity contribution in [1.82, 2.24) is 21.3 Å². The van der Waals surface area contributed by atoms with Crippen LogP contribution in [0.5, 0.6) is 0 Å². The number of aliphatic hydroxyl groups excluding tert-OH is 2. The Balaban J connectivity index is 1.57. The van der Waals surface area contributed by atoms with E-state index in [4.69, 9.17) is 42.6 Å². The summed E-state index contributed by atoms with van der Waals surface area (Å²) in [5.74, 6) is -3.83. The molecule has 0 unspecified atom stereocenters. The second kappa shape index (κ2) is 83.0. The van der Waals surface area contributed by atoms with Gasteiger partial charge < -0.3 is 74.1 Å². The van der Waals surface area contributed by atoms with Crippen molar-refractivity contribution in [3.8, 4) is 0 Å². The molecule has 2 aliphatic rings. The van der Waals surface area contributed by atoms with E-state index in [9.17, 15) is 29.4 Å². The van der Waals surface area contributed by atoms with Gasteiger partial charge in [0, 0.05) is 25.8 Å². The number of carbonyl (C=O) groups is 7. The second-order valence-corrected chi connectivity index (χ2v) is 40.1. The minimum atomic E-state index is -1.80. The molecule has 0 aliphatic carbocycles. The fraction of sp³-hybridized carbons (Fsp3) is 0.784. The van der Waals surface area contributed by atoms with Crippen molar-refractivity contribution in [3.05, 3.63) is 108 Å². The average molecular weight is 1930 g/mol. The van der Waals surface area contributed by atoms with Crippen LogP contribution >= 0.6 is 0 Å². The molecule has 5 rings (SSSR count). The van der Waals surface area contributed by atoms with Gasteiger partial charge in [-0.05, 0) is 68.1 Å². The van der Waals surface area contributed by atoms with Crippen LogP contribution in [0, 0.1) is 0 Å². The first-order valence-corrected chi connectivity index (χ1v) is 56.5. The average Bonchev–Trinajstić information content (AvgIpc) is 0.785. The van der Waals surface area contributed by atoms with Crippen molar-refractivity contribution in [2.45, 2.75) is 565 Å². The maximum Gasteiger partial charge on any atom is 0.310 e. The highest BCUT2D eigenvalue weighted by atomic mass is 16.7. The third-order valence-electron chi connectivity index (χ3n) is 27.4. The van der Waals surface area contributed by atoms with Crippen molar-refractivity contribution in [2.75, 3.05) is 19.8 Å². The molecule has 22 nitrogen and oxygen atoms in total. The normalized spacial score (nSPS) is 18.8. The van der Waals surface area contributed by atoms with E-state index in [1.54, 1.807) is 0 Å². The van der Waals surface area contributed by atoms with E-state index < -0.39 is 122 Å². The maximum absolute atomic E-state index is 15.6. The van der Waals surface area contributed by atoms with Crippen molar-refractivity contribution < 1.29 is 86.4 Å². The number of carbonyl (C=O) groups excluding carboxylic acids is 7. The van der Waals surface area contributed by atoms with Crippen molar-refractivity contribution in [3.63, 3.8) is 0 Å². The van der Waals surface area contributed by atoms with E-state index in [-0.39, 0.29) is 70.4 Å². The van der Waals surface area contributed by atoms with Crippen LogP contribution in [0.4, 0.5) is 0 Å². The Bertz CT molecular complexity index is 3450. The molecule has 788 valence electrons. The monoisotopic (exact) mass is 1930 g/mol. The number of hydrogen-bond acceptors (Lipinski definition) is 18. The van der Waals surface area contributed by atoms with Crippen LogP contribution in [0.1, 0.15) is 482 Å². The van der Waals surface area contributed by atoms with Gasteiger partial charge in [0.25, 0.3) is 0 Å². The number of aliphatic hydroxyl groups is 2. The number of rotatable bonds is 90.